The molecule has 0 unspecified atom stereocenters. The number of benzene rings is 2. The van der Waals surface area contributed by atoms with Gasteiger partial charge in [-0.05, 0) is 42.8 Å². The molecule has 1 atom stereocenters. The molecule has 2 aromatic carbocycles. The van der Waals surface area contributed by atoms with Crippen LogP contribution in [0.3, 0.4) is 0 Å². The number of likely N-dealkylation sites (tertiary alicyclic amines) is 1. The highest BCUT2D eigenvalue weighted by atomic mass is 35.5. The zero-order valence-corrected chi connectivity index (χ0v) is 18.4. The fraction of sp³-hybridized carbons (Fsp3) is 0.273. The van der Waals surface area contributed by atoms with Crippen LogP contribution in [0.4, 0.5) is 0 Å². The van der Waals surface area contributed by atoms with Gasteiger partial charge >= 0.3 is 5.97 Å². The molecule has 2 heterocycles. The van der Waals surface area contributed by atoms with Crippen LogP contribution in [0.1, 0.15) is 28.1 Å². The van der Waals surface area contributed by atoms with Crippen molar-refractivity contribution < 1.29 is 19.1 Å². The van der Waals surface area contributed by atoms with Gasteiger partial charge in [0.2, 0.25) is 0 Å². The first-order valence-corrected chi connectivity index (χ1v) is 9.58. The first kappa shape index (κ1) is 24.5. The summed E-state index contributed by atoms with van der Waals surface area (Å²) in [5.41, 5.74) is 7.22. The van der Waals surface area contributed by atoms with E-state index < -0.39 is 5.97 Å². The monoisotopic (exact) mass is 465 g/mol. The van der Waals surface area contributed by atoms with E-state index in [4.69, 9.17) is 20.3 Å². The lowest BCUT2D eigenvalue weighted by Crippen LogP contribution is -2.27. The normalized spacial score (nSPS) is 15.8. The Morgan fingerprint density at radius 3 is 2.74 bits per heavy atom. The lowest BCUT2D eigenvalue weighted by molar-refractivity contribution is 0.0689. The van der Waals surface area contributed by atoms with E-state index in [2.05, 4.69) is 4.90 Å². The highest BCUT2D eigenvalue weighted by Gasteiger charge is 2.25. The zero-order chi connectivity index (χ0) is 20.4. The molecule has 0 saturated carbocycles. The molecule has 0 spiro atoms. The number of carbonyl (C=O) groups is 1. The highest BCUT2D eigenvalue weighted by molar-refractivity contribution is 5.98. The molecular weight excluding hydrogens is 441 g/mol. The summed E-state index contributed by atoms with van der Waals surface area (Å²) in [6, 6.07) is 14.2. The van der Waals surface area contributed by atoms with E-state index in [0.717, 1.165) is 49.2 Å². The number of hydrogen-bond donors (Lipinski definition) is 3. The molecule has 4 N–H and O–H groups in total. The molecule has 4 rings (SSSR count). The third-order valence-electron chi connectivity index (χ3n) is 5.19. The minimum Gasteiger partial charge on any atom is -0.488 e. The van der Waals surface area contributed by atoms with Crippen molar-refractivity contribution in [2.75, 3.05) is 19.6 Å². The molecule has 0 radical (unpaired) electrons. The highest BCUT2D eigenvalue weighted by Crippen LogP contribution is 2.24. The van der Waals surface area contributed by atoms with Crippen LogP contribution < -0.4 is 10.5 Å². The van der Waals surface area contributed by atoms with Crippen molar-refractivity contribution in [1.82, 2.24) is 4.90 Å². The van der Waals surface area contributed by atoms with E-state index in [1.54, 1.807) is 30.3 Å². The second kappa shape index (κ2) is 10.5. The van der Waals surface area contributed by atoms with Crippen molar-refractivity contribution in [2.24, 2.45) is 5.73 Å². The number of nitrogens with zero attached hydrogens (tertiary/aromatic N) is 1. The van der Waals surface area contributed by atoms with Gasteiger partial charge < -0.3 is 20.0 Å². The van der Waals surface area contributed by atoms with Gasteiger partial charge in [-0.3, -0.25) is 10.3 Å². The number of nitrogens with two attached hydrogens (primary N) is 1. The molecule has 0 bridgehead atoms. The predicted molar refractivity (Wildman–Crippen MR) is 124 cm³/mol. The summed E-state index contributed by atoms with van der Waals surface area (Å²) in [5.74, 6) is 0.377. The molecule has 1 aromatic heterocycles. The van der Waals surface area contributed by atoms with Gasteiger partial charge in [-0.25, -0.2) is 4.79 Å². The second-order valence-corrected chi connectivity index (χ2v) is 7.26. The number of carboxylic acids is 1. The quantitative estimate of drug-likeness (QED) is 0.359. The van der Waals surface area contributed by atoms with Crippen LogP contribution in [0.25, 0.3) is 11.0 Å². The number of nitrogen functional groups attached to an aromatic ring is 1. The molecule has 1 aliphatic heterocycles. The Morgan fingerprint density at radius 2 is 2.00 bits per heavy atom. The van der Waals surface area contributed by atoms with Gasteiger partial charge in [0.1, 0.15) is 34.6 Å². The van der Waals surface area contributed by atoms with Gasteiger partial charge in [-0.15, -0.1) is 24.8 Å². The number of ether oxygens (including phenoxy) is 1. The summed E-state index contributed by atoms with van der Waals surface area (Å²) < 4.78 is 11.8. The lowest BCUT2D eigenvalue weighted by Gasteiger charge is -2.17. The number of para-hydroxylation sites is 1. The van der Waals surface area contributed by atoms with Gasteiger partial charge in [0.05, 0.1) is 0 Å². The van der Waals surface area contributed by atoms with Crippen molar-refractivity contribution >= 4 is 47.6 Å². The average molecular weight is 466 g/mol. The van der Waals surface area contributed by atoms with Crippen LogP contribution in [-0.4, -0.2) is 47.5 Å². The molecule has 9 heteroatoms. The number of fused-ring (bicyclic) bond motifs is 1. The Hall–Kier alpha value is -2.74. The number of carboxylic acid groups (broad SMARTS) is 1. The van der Waals surface area contributed by atoms with Gasteiger partial charge in [0.15, 0.2) is 0 Å². The number of nitrogens with one attached hydrogen (secondary N) is 1. The zero-order valence-electron chi connectivity index (χ0n) is 16.7. The lowest BCUT2D eigenvalue weighted by atomic mass is 10.1. The molecule has 1 aliphatic rings. The number of hydrogen-bond acceptors (Lipinski definition) is 5. The van der Waals surface area contributed by atoms with Crippen molar-refractivity contribution in [2.45, 2.75) is 18.9 Å². The SMILES string of the molecule is Cl.Cl.N=C(N)c1ccc2oc(CCN3CC[C@H](Oc4ccccc4C(=O)O)C3)cc2c1. The van der Waals surface area contributed by atoms with Crippen molar-refractivity contribution in [3.05, 3.63) is 65.4 Å². The van der Waals surface area contributed by atoms with E-state index >= 15 is 0 Å². The van der Waals surface area contributed by atoms with E-state index in [-0.39, 0.29) is 42.3 Å². The summed E-state index contributed by atoms with van der Waals surface area (Å²) in [6.07, 6.45) is 1.60. The molecule has 7 nitrogen and oxygen atoms in total. The Bertz CT molecular complexity index is 1070. The summed E-state index contributed by atoms with van der Waals surface area (Å²) in [5, 5.41) is 17.8. The Balaban J connectivity index is 0.00000171. The Morgan fingerprint density at radius 1 is 1.23 bits per heavy atom. The Labute approximate surface area is 192 Å². The number of amidine groups is 1. The van der Waals surface area contributed by atoms with Crippen LogP contribution in [-0.2, 0) is 6.42 Å². The minimum atomic E-state index is -0.978. The number of furan rings is 1. The van der Waals surface area contributed by atoms with E-state index in [1.807, 2.05) is 18.2 Å². The van der Waals surface area contributed by atoms with E-state index in [0.29, 0.717) is 11.3 Å². The number of halogens is 2. The van der Waals surface area contributed by atoms with Crippen LogP contribution in [0.2, 0.25) is 0 Å². The fourth-order valence-electron chi connectivity index (χ4n) is 3.68. The summed E-state index contributed by atoms with van der Waals surface area (Å²) >= 11 is 0. The molecule has 3 aromatic rings. The van der Waals surface area contributed by atoms with Crippen LogP contribution in [0, 0.1) is 5.41 Å². The van der Waals surface area contributed by atoms with E-state index in [1.165, 1.54) is 0 Å². The molecule has 1 saturated heterocycles. The van der Waals surface area contributed by atoms with Gasteiger partial charge in [-0.1, -0.05) is 12.1 Å². The second-order valence-electron chi connectivity index (χ2n) is 7.26. The van der Waals surface area contributed by atoms with E-state index in [9.17, 15) is 9.90 Å². The van der Waals surface area contributed by atoms with Gasteiger partial charge in [-0.2, -0.15) is 0 Å². The largest absolute Gasteiger partial charge is 0.488 e. The van der Waals surface area contributed by atoms with Gasteiger partial charge in [0.25, 0.3) is 0 Å². The van der Waals surface area contributed by atoms with Crippen molar-refractivity contribution in [3.63, 3.8) is 0 Å². The van der Waals surface area contributed by atoms with Crippen molar-refractivity contribution in [1.29, 1.82) is 5.41 Å². The average Bonchev–Trinajstić information content (AvgIpc) is 3.32. The molecule has 31 heavy (non-hydrogen) atoms. The maximum Gasteiger partial charge on any atom is 0.339 e. The molecule has 166 valence electrons. The molecule has 1 fully saturated rings. The third kappa shape index (κ3) is 5.70. The van der Waals surface area contributed by atoms with Gasteiger partial charge in [0, 0.05) is 37.0 Å². The predicted octanol–water partition coefficient (Wildman–Crippen LogP) is 3.95. The molecular formula is C22H25Cl2N3O4. The van der Waals surface area contributed by atoms with Crippen LogP contribution in [0.5, 0.6) is 5.75 Å². The first-order valence-electron chi connectivity index (χ1n) is 9.58. The minimum absolute atomic E-state index is 0. The first-order chi connectivity index (χ1) is 14.0. The third-order valence-corrected chi connectivity index (χ3v) is 5.19. The number of rotatable bonds is 7. The summed E-state index contributed by atoms with van der Waals surface area (Å²) in [6.45, 7) is 2.48. The van der Waals surface area contributed by atoms with Crippen LogP contribution in [0.15, 0.2) is 52.9 Å². The standard InChI is InChI=1S/C22H23N3O4.2ClH/c23-21(24)14-5-6-19-15(11-14)12-16(28-19)7-9-25-10-8-17(13-25)29-20-4-2-1-3-18(20)22(26)27;;/h1-6,11-12,17H,7-10,13H2,(H3,23,24)(H,26,27);2*1H/t17-;;/m0../s1. The smallest absolute Gasteiger partial charge is 0.339 e. The molecule has 0 amide bonds. The number of aromatic carboxylic acids is 1. The van der Waals surface area contributed by atoms with Crippen LogP contribution >= 0.6 is 24.8 Å². The summed E-state index contributed by atoms with van der Waals surface area (Å²) in [4.78, 5) is 13.6. The topological polar surface area (TPSA) is 113 Å². The maximum atomic E-state index is 11.3. The van der Waals surface area contributed by atoms with Crippen molar-refractivity contribution in [3.8, 4) is 5.75 Å². The fourth-order valence-corrected chi connectivity index (χ4v) is 3.68. The molecule has 0 aliphatic carbocycles. The maximum absolute atomic E-state index is 11.3. The Kier molecular flexibility index (Phi) is 8.33. The summed E-state index contributed by atoms with van der Waals surface area (Å²) in [7, 11) is 0.